The van der Waals surface area contributed by atoms with Gasteiger partial charge in [0.05, 0.1) is 6.61 Å². The maximum absolute atomic E-state index is 9.27. The van der Waals surface area contributed by atoms with Gasteiger partial charge in [-0.3, -0.25) is 0 Å². The second-order valence-electron chi connectivity index (χ2n) is 6.13. The molecule has 16 heavy (non-hydrogen) atoms. The van der Waals surface area contributed by atoms with Gasteiger partial charge in [0, 0.05) is 0 Å². The number of aliphatic hydroxyl groups excluding tert-OH is 1. The Hall–Kier alpha value is -0.560. The van der Waals surface area contributed by atoms with Gasteiger partial charge >= 0.3 is 0 Å². The van der Waals surface area contributed by atoms with E-state index in [1.165, 1.54) is 19.3 Å². The molecule has 0 unspecified atom stereocenters. The highest BCUT2D eigenvalue weighted by Gasteiger charge is 2.35. The van der Waals surface area contributed by atoms with Gasteiger partial charge in [0.25, 0.3) is 0 Å². The molecule has 0 bridgehead atoms. The van der Waals surface area contributed by atoms with Gasteiger partial charge in [-0.2, -0.15) is 0 Å². The predicted molar refractivity (Wildman–Crippen MR) is 68.2 cm³/mol. The van der Waals surface area contributed by atoms with E-state index < -0.39 is 0 Å². The van der Waals surface area contributed by atoms with E-state index in [1.54, 1.807) is 5.57 Å². The molecular formula is C15H24O. The van der Waals surface area contributed by atoms with Gasteiger partial charge < -0.3 is 5.11 Å². The number of fused-ring (bicyclic) bond motifs is 1. The highest BCUT2D eigenvalue weighted by atomic mass is 16.3. The van der Waals surface area contributed by atoms with Crippen LogP contribution >= 0.6 is 0 Å². The Morgan fingerprint density at radius 2 is 2.19 bits per heavy atom. The van der Waals surface area contributed by atoms with E-state index in [9.17, 15) is 5.11 Å². The number of aliphatic hydroxyl groups is 1. The average molecular weight is 220 g/mol. The molecule has 0 aliphatic heterocycles. The lowest BCUT2D eigenvalue weighted by Crippen LogP contribution is -2.24. The molecule has 1 heteroatoms. The third kappa shape index (κ3) is 2.10. The van der Waals surface area contributed by atoms with Gasteiger partial charge in [-0.25, -0.2) is 0 Å². The van der Waals surface area contributed by atoms with Crippen LogP contribution < -0.4 is 0 Å². The summed E-state index contributed by atoms with van der Waals surface area (Å²) in [6, 6.07) is 0. The van der Waals surface area contributed by atoms with Crippen LogP contribution in [-0.4, -0.2) is 11.7 Å². The van der Waals surface area contributed by atoms with E-state index >= 15 is 0 Å². The van der Waals surface area contributed by atoms with Crippen molar-refractivity contribution in [1.29, 1.82) is 0 Å². The van der Waals surface area contributed by atoms with Gasteiger partial charge in [0.15, 0.2) is 0 Å². The van der Waals surface area contributed by atoms with Crippen molar-refractivity contribution in [3.63, 3.8) is 0 Å². The molecular weight excluding hydrogens is 196 g/mol. The third-order valence-electron chi connectivity index (χ3n) is 4.49. The van der Waals surface area contributed by atoms with Crippen molar-refractivity contribution in [2.24, 2.45) is 17.3 Å². The van der Waals surface area contributed by atoms with E-state index in [4.69, 9.17) is 0 Å². The molecule has 1 fully saturated rings. The van der Waals surface area contributed by atoms with Gasteiger partial charge in [-0.05, 0) is 35.7 Å². The van der Waals surface area contributed by atoms with E-state index in [1.807, 2.05) is 0 Å². The highest BCUT2D eigenvalue weighted by molar-refractivity contribution is 5.34. The Morgan fingerprint density at radius 3 is 2.88 bits per heavy atom. The zero-order chi connectivity index (χ0) is 11.8. The van der Waals surface area contributed by atoms with Crippen LogP contribution in [0.15, 0.2) is 23.3 Å². The summed E-state index contributed by atoms with van der Waals surface area (Å²) in [6.07, 6.45) is 9.62. The first-order chi connectivity index (χ1) is 7.54. The van der Waals surface area contributed by atoms with Crippen LogP contribution in [0.1, 0.15) is 46.5 Å². The summed E-state index contributed by atoms with van der Waals surface area (Å²) in [5.41, 5.74) is 3.03. The molecule has 0 amide bonds. The van der Waals surface area contributed by atoms with Crippen LogP contribution in [0.4, 0.5) is 0 Å². The van der Waals surface area contributed by atoms with Crippen molar-refractivity contribution >= 4 is 0 Å². The van der Waals surface area contributed by atoms with E-state index in [0.29, 0.717) is 11.3 Å². The largest absolute Gasteiger partial charge is 0.392 e. The van der Waals surface area contributed by atoms with Gasteiger partial charge in [-0.1, -0.05) is 51.3 Å². The minimum Gasteiger partial charge on any atom is -0.392 e. The normalized spacial score (nSPS) is 33.5. The summed E-state index contributed by atoms with van der Waals surface area (Å²) >= 11 is 0. The van der Waals surface area contributed by atoms with Crippen molar-refractivity contribution in [3.05, 3.63) is 23.3 Å². The molecule has 2 aliphatic carbocycles. The third-order valence-corrected chi connectivity index (χ3v) is 4.49. The smallest absolute Gasteiger partial charge is 0.0678 e. The maximum Gasteiger partial charge on any atom is 0.0678 e. The van der Waals surface area contributed by atoms with E-state index in [0.717, 1.165) is 17.9 Å². The standard InChI is InChI=1S/C15H24O/c1-11-5-4-8-15(2,3)14-9-12(10-16)6-7-13(11)14/h6,9,11,13,16H,4-5,7-8,10H2,1-3H3/t11-,13+/m1/s1. The van der Waals surface area contributed by atoms with Gasteiger partial charge in [0.1, 0.15) is 0 Å². The van der Waals surface area contributed by atoms with Crippen LogP contribution in [0.5, 0.6) is 0 Å². The first-order valence-electron chi connectivity index (χ1n) is 6.56. The number of hydrogen-bond donors (Lipinski definition) is 1. The zero-order valence-corrected chi connectivity index (χ0v) is 10.8. The summed E-state index contributed by atoms with van der Waals surface area (Å²) in [7, 11) is 0. The molecule has 1 N–H and O–H groups in total. The average Bonchev–Trinajstić information content (AvgIpc) is 2.37. The molecule has 0 aromatic rings. The Bertz CT molecular complexity index is 322. The van der Waals surface area contributed by atoms with Gasteiger partial charge in [-0.15, -0.1) is 0 Å². The fourth-order valence-corrected chi connectivity index (χ4v) is 3.33. The lowest BCUT2D eigenvalue weighted by atomic mass is 9.70. The summed E-state index contributed by atoms with van der Waals surface area (Å²) in [5, 5.41) is 9.27. The second-order valence-corrected chi connectivity index (χ2v) is 6.13. The van der Waals surface area contributed by atoms with Crippen LogP contribution in [0.3, 0.4) is 0 Å². The number of allylic oxidation sites excluding steroid dienone is 2. The first-order valence-corrected chi connectivity index (χ1v) is 6.56. The van der Waals surface area contributed by atoms with Crippen LogP contribution in [0, 0.1) is 17.3 Å². The quantitative estimate of drug-likeness (QED) is 0.714. The Balaban J connectivity index is 2.35. The molecule has 2 atom stereocenters. The molecule has 1 nitrogen and oxygen atoms in total. The molecule has 0 spiro atoms. The molecule has 2 aliphatic rings. The lowest BCUT2D eigenvalue weighted by molar-refractivity contribution is 0.321. The Kier molecular flexibility index (Phi) is 3.25. The molecule has 0 saturated heterocycles. The van der Waals surface area contributed by atoms with Crippen LogP contribution in [0.2, 0.25) is 0 Å². The zero-order valence-electron chi connectivity index (χ0n) is 10.8. The predicted octanol–water partition coefficient (Wildman–Crippen LogP) is 3.70. The number of hydrogen-bond acceptors (Lipinski definition) is 1. The lowest BCUT2D eigenvalue weighted by Gasteiger charge is -2.35. The molecule has 0 radical (unpaired) electrons. The SMILES string of the molecule is C[C@@H]1CCCC(C)(C)C2=CC(CO)=CC[C@H]21. The summed E-state index contributed by atoms with van der Waals surface area (Å²) in [4.78, 5) is 0. The summed E-state index contributed by atoms with van der Waals surface area (Å²) < 4.78 is 0. The molecule has 90 valence electrons. The molecule has 0 heterocycles. The van der Waals surface area contributed by atoms with Crippen LogP contribution in [0.25, 0.3) is 0 Å². The molecule has 2 rings (SSSR count). The fraction of sp³-hybridized carbons (Fsp3) is 0.733. The molecule has 1 saturated carbocycles. The second kappa shape index (κ2) is 4.37. The maximum atomic E-state index is 9.27. The van der Waals surface area contributed by atoms with Crippen LogP contribution in [-0.2, 0) is 0 Å². The van der Waals surface area contributed by atoms with Crippen molar-refractivity contribution in [2.45, 2.75) is 46.5 Å². The Labute approximate surface area is 99.3 Å². The summed E-state index contributed by atoms with van der Waals surface area (Å²) in [6.45, 7) is 7.31. The van der Waals surface area contributed by atoms with Crippen molar-refractivity contribution in [3.8, 4) is 0 Å². The molecule has 0 aromatic heterocycles. The van der Waals surface area contributed by atoms with Crippen molar-refractivity contribution in [1.82, 2.24) is 0 Å². The van der Waals surface area contributed by atoms with Crippen molar-refractivity contribution < 1.29 is 5.11 Å². The monoisotopic (exact) mass is 220 g/mol. The molecule has 0 aromatic carbocycles. The van der Waals surface area contributed by atoms with E-state index in [-0.39, 0.29) is 6.61 Å². The van der Waals surface area contributed by atoms with Gasteiger partial charge in [0.2, 0.25) is 0 Å². The number of rotatable bonds is 1. The summed E-state index contributed by atoms with van der Waals surface area (Å²) in [5.74, 6) is 1.51. The minimum atomic E-state index is 0.195. The topological polar surface area (TPSA) is 20.2 Å². The van der Waals surface area contributed by atoms with Crippen molar-refractivity contribution in [2.75, 3.05) is 6.61 Å². The Morgan fingerprint density at radius 1 is 1.44 bits per heavy atom. The first kappa shape index (κ1) is 11.9. The minimum absolute atomic E-state index is 0.195. The van der Waals surface area contributed by atoms with E-state index in [2.05, 4.69) is 32.9 Å². The fourth-order valence-electron chi connectivity index (χ4n) is 3.33. The highest BCUT2D eigenvalue weighted by Crippen LogP contribution is 2.47.